The van der Waals surface area contributed by atoms with Crippen LogP contribution in [0.3, 0.4) is 0 Å². The number of halogens is 1. The van der Waals surface area contributed by atoms with Crippen molar-refractivity contribution in [2.45, 2.75) is 0 Å². The summed E-state index contributed by atoms with van der Waals surface area (Å²) in [7, 11) is 0. The fraction of sp³-hybridized carbons (Fsp3) is 0. The Hall–Kier alpha value is -2.52. The fourth-order valence-corrected chi connectivity index (χ4v) is 2.71. The number of fused-ring (bicyclic) bond motifs is 2. The number of aromatic nitrogens is 1. The van der Waals surface area contributed by atoms with Gasteiger partial charge in [0.1, 0.15) is 16.9 Å². The third-order valence-corrected chi connectivity index (χ3v) is 3.80. The number of rotatable bonds is 1. The molecule has 0 atom stereocenters. The SMILES string of the molecule is Oc1c(Cl)cc(-c2cc3ccccc3o2)c2cccnc12. The molecule has 21 heavy (non-hydrogen) atoms. The molecule has 0 spiro atoms. The number of phenolic OH excluding ortho intramolecular Hbond substituents is 1. The van der Waals surface area contributed by atoms with E-state index < -0.39 is 0 Å². The first-order valence-corrected chi connectivity index (χ1v) is 6.87. The van der Waals surface area contributed by atoms with Crippen LogP contribution in [0.4, 0.5) is 0 Å². The number of para-hydroxylation sites is 1. The van der Waals surface area contributed by atoms with Gasteiger partial charge >= 0.3 is 0 Å². The Kier molecular flexibility index (Phi) is 2.62. The molecule has 4 rings (SSSR count). The smallest absolute Gasteiger partial charge is 0.160 e. The van der Waals surface area contributed by atoms with Gasteiger partial charge in [0.2, 0.25) is 0 Å². The number of benzene rings is 2. The van der Waals surface area contributed by atoms with Gasteiger partial charge in [0, 0.05) is 22.5 Å². The summed E-state index contributed by atoms with van der Waals surface area (Å²) in [6.07, 6.45) is 1.63. The molecule has 1 N–H and O–H groups in total. The summed E-state index contributed by atoms with van der Waals surface area (Å²) in [4.78, 5) is 4.21. The van der Waals surface area contributed by atoms with Gasteiger partial charge in [0.25, 0.3) is 0 Å². The van der Waals surface area contributed by atoms with Crippen LogP contribution in [0.5, 0.6) is 5.75 Å². The molecule has 0 aliphatic carbocycles. The van der Waals surface area contributed by atoms with Gasteiger partial charge < -0.3 is 9.52 Å². The number of furan rings is 1. The van der Waals surface area contributed by atoms with E-state index in [0.29, 0.717) is 11.3 Å². The second kappa shape index (κ2) is 4.50. The molecule has 0 bridgehead atoms. The average molecular weight is 296 g/mol. The third-order valence-electron chi connectivity index (χ3n) is 3.51. The standard InChI is InChI=1S/C17H10ClNO2/c18-13-9-12(11-5-3-7-19-16(11)17(13)20)15-8-10-4-1-2-6-14(10)21-15/h1-9,20H. The lowest BCUT2D eigenvalue weighted by molar-refractivity contribution is 0.480. The summed E-state index contributed by atoms with van der Waals surface area (Å²) < 4.78 is 5.89. The Labute approximate surface area is 125 Å². The molecule has 4 aromatic rings. The molecule has 0 amide bonds. The summed E-state index contributed by atoms with van der Waals surface area (Å²) in [6.45, 7) is 0. The summed E-state index contributed by atoms with van der Waals surface area (Å²) in [5.74, 6) is 0.697. The molecular weight excluding hydrogens is 286 g/mol. The molecule has 0 unspecified atom stereocenters. The zero-order valence-corrected chi connectivity index (χ0v) is 11.6. The highest BCUT2D eigenvalue weighted by Gasteiger charge is 2.15. The number of aromatic hydroxyl groups is 1. The van der Waals surface area contributed by atoms with E-state index in [4.69, 9.17) is 16.0 Å². The molecule has 0 radical (unpaired) electrons. The van der Waals surface area contributed by atoms with Crippen LogP contribution >= 0.6 is 11.6 Å². The van der Waals surface area contributed by atoms with Crippen molar-refractivity contribution in [2.24, 2.45) is 0 Å². The second-order valence-electron chi connectivity index (χ2n) is 4.80. The van der Waals surface area contributed by atoms with E-state index in [9.17, 15) is 5.11 Å². The lowest BCUT2D eigenvalue weighted by Gasteiger charge is -2.07. The molecule has 0 aliphatic rings. The van der Waals surface area contributed by atoms with Crippen LogP contribution < -0.4 is 0 Å². The summed E-state index contributed by atoms with van der Waals surface area (Å²) in [5.41, 5.74) is 2.10. The maximum atomic E-state index is 10.0. The van der Waals surface area contributed by atoms with Gasteiger partial charge in [-0.15, -0.1) is 0 Å². The van der Waals surface area contributed by atoms with Crippen LogP contribution in [0.15, 0.2) is 59.1 Å². The monoisotopic (exact) mass is 295 g/mol. The number of phenols is 1. The minimum Gasteiger partial charge on any atom is -0.504 e. The molecule has 3 nitrogen and oxygen atoms in total. The van der Waals surface area contributed by atoms with E-state index >= 15 is 0 Å². The molecule has 0 fully saturated rings. The van der Waals surface area contributed by atoms with Gasteiger partial charge in [0.05, 0.1) is 5.02 Å². The number of pyridine rings is 1. The first-order valence-electron chi connectivity index (χ1n) is 6.49. The van der Waals surface area contributed by atoms with Crippen LogP contribution in [-0.4, -0.2) is 10.1 Å². The van der Waals surface area contributed by atoms with Gasteiger partial charge in [-0.05, 0) is 24.3 Å². The van der Waals surface area contributed by atoms with Crippen molar-refractivity contribution in [3.63, 3.8) is 0 Å². The van der Waals surface area contributed by atoms with E-state index in [1.54, 1.807) is 12.3 Å². The average Bonchev–Trinajstić information content (AvgIpc) is 2.94. The predicted octanol–water partition coefficient (Wildman–Crippen LogP) is 5.01. The van der Waals surface area contributed by atoms with Gasteiger partial charge in [0.15, 0.2) is 5.75 Å². The van der Waals surface area contributed by atoms with E-state index in [0.717, 1.165) is 21.9 Å². The van der Waals surface area contributed by atoms with Gasteiger partial charge in [-0.1, -0.05) is 35.9 Å². The lowest BCUT2D eigenvalue weighted by Crippen LogP contribution is -1.84. The van der Waals surface area contributed by atoms with Gasteiger partial charge in [-0.2, -0.15) is 0 Å². The second-order valence-corrected chi connectivity index (χ2v) is 5.21. The minimum absolute atomic E-state index is 0.00729. The van der Waals surface area contributed by atoms with Crippen molar-refractivity contribution in [1.82, 2.24) is 4.98 Å². The molecule has 0 saturated heterocycles. The predicted molar refractivity (Wildman–Crippen MR) is 83.6 cm³/mol. The zero-order chi connectivity index (χ0) is 14.4. The molecule has 2 aromatic heterocycles. The summed E-state index contributed by atoms with van der Waals surface area (Å²) in [6, 6.07) is 15.2. The molecular formula is C17H10ClNO2. The minimum atomic E-state index is -0.00729. The van der Waals surface area contributed by atoms with Crippen molar-refractivity contribution < 1.29 is 9.52 Å². The molecule has 2 heterocycles. The largest absolute Gasteiger partial charge is 0.504 e. The Bertz CT molecular complexity index is 942. The van der Waals surface area contributed by atoms with E-state index in [-0.39, 0.29) is 10.8 Å². The Balaban J connectivity index is 2.08. The van der Waals surface area contributed by atoms with Crippen LogP contribution in [0.2, 0.25) is 5.02 Å². The van der Waals surface area contributed by atoms with E-state index in [2.05, 4.69) is 4.98 Å². The third kappa shape index (κ3) is 1.86. The highest BCUT2D eigenvalue weighted by atomic mass is 35.5. The highest BCUT2D eigenvalue weighted by Crippen LogP contribution is 2.39. The Morgan fingerprint density at radius 3 is 2.76 bits per heavy atom. The van der Waals surface area contributed by atoms with Crippen LogP contribution in [0.25, 0.3) is 33.2 Å². The van der Waals surface area contributed by atoms with Crippen LogP contribution in [0, 0.1) is 0 Å². The number of nitrogens with zero attached hydrogens (tertiary/aromatic N) is 1. The van der Waals surface area contributed by atoms with Crippen molar-refractivity contribution in [1.29, 1.82) is 0 Å². The molecule has 0 saturated carbocycles. The molecule has 4 heteroatoms. The number of hydrogen-bond donors (Lipinski definition) is 1. The first kappa shape index (κ1) is 12.2. The summed E-state index contributed by atoms with van der Waals surface area (Å²) >= 11 is 6.11. The highest BCUT2D eigenvalue weighted by molar-refractivity contribution is 6.33. The Morgan fingerprint density at radius 2 is 1.90 bits per heavy atom. The number of hydrogen-bond acceptors (Lipinski definition) is 3. The molecule has 0 aliphatic heterocycles. The first-order chi connectivity index (χ1) is 10.2. The molecule has 102 valence electrons. The Morgan fingerprint density at radius 1 is 1.05 bits per heavy atom. The van der Waals surface area contributed by atoms with Gasteiger partial charge in [-0.3, -0.25) is 4.98 Å². The van der Waals surface area contributed by atoms with Crippen molar-refractivity contribution in [3.8, 4) is 17.1 Å². The van der Waals surface area contributed by atoms with Crippen LogP contribution in [-0.2, 0) is 0 Å². The van der Waals surface area contributed by atoms with E-state index in [1.165, 1.54) is 0 Å². The topological polar surface area (TPSA) is 46.3 Å². The molecule has 2 aromatic carbocycles. The van der Waals surface area contributed by atoms with Crippen molar-refractivity contribution in [3.05, 3.63) is 59.8 Å². The van der Waals surface area contributed by atoms with E-state index in [1.807, 2.05) is 42.5 Å². The quantitative estimate of drug-likeness (QED) is 0.537. The zero-order valence-electron chi connectivity index (χ0n) is 10.9. The fourth-order valence-electron chi connectivity index (χ4n) is 2.52. The summed E-state index contributed by atoms with van der Waals surface area (Å²) in [5, 5.41) is 12.1. The van der Waals surface area contributed by atoms with Crippen molar-refractivity contribution in [2.75, 3.05) is 0 Å². The normalized spacial score (nSPS) is 11.3. The lowest BCUT2D eigenvalue weighted by atomic mass is 10.1. The maximum absolute atomic E-state index is 10.0. The van der Waals surface area contributed by atoms with Gasteiger partial charge in [-0.25, -0.2) is 0 Å². The van der Waals surface area contributed by atoms with Crippen LogP contribution in [0.1, 0.15) is 0 Å². The maximum Gasteiger partial charge on any atom is 0.160 e. The van der Waals surface area contributed by atoms with Crippen molar-refractivity contribution >= 4 is 33.5 Å².